The monoisotopic (exact) mass is 202 g/mol. The van der Waals surface area contributed by atoms with Gasteiger partial charge in [-0.3, -0.25) is 0 Å². The Kier molecular flexibility index (Phi) is 9.35. The van der Waals surface area contributed by atoms with Gasteiger partial charge in [0.05, 0.1) is 12.7 Å². The number of nitrogens with one attached hydrogen (secondary N) is 1. The highest BCUT2D eigenvalue weighted by atomic mass is 16.5. The summed E-state index contributed by atoms with van der Waals surface area (Å²) in [5.74, 6) is 0. The lowest BCUT2D eigenvalue weighted by molar-refractivity contribution is 0.0422. The Hall–Kier alpha value is -0.120. The highest BCUT2D eigenvalue weighted by Crippen LogP contribution is 1.96. The van der Waals surface area contributed by atoms with E-state index in [2.05, 4.69) is 38.2 Å². The Balaban J connectivity index is 3.38. The average molecular weight is 202 g/mol. The van der Waals surface area contributed by atoms with Crippen LogP contribution in [-0.4, -0.2) is 51.3 Å². The van der Waals surface area contributed by atoms with E-state index in [9.17, 15) is 0 Å². The van der Waals surface area contributed by atoms with Gasteiger partial charge < -0.3 is 15.0 Å². The summed E-state index contributed by atoms with van der Waals surface area (Å²) >= 11 is 0. The minimum Gasteiger partial charge on any atom is -0.376 e. The van der Waals surface area contributed by atoms with E-state index < -0.39 is 0 Å². The van der Waals surface area contributed by atoms with Gasteiger partial charge in [-0.25, -0.2) is 0 Å². The zero-order chi connectivity index (χ0) is 10.8. The van der Waals surface area contributed by atoms with E-state index in [1.165, 1.54) is 6.42 Å². The van der Waals surface area contributed by atoms with Gasteiger partial charge in [0.1, 0.15) is 0 Å². The van der Waals surface area contributed by atoms with E-state index in [4.69, 9.17) is 4.74 Å². The second-order valence-electron chi connectivity index (χ2n) is 3.91. The summed E-state index contributed by atoms with van der Waals surface area (Å²) in [6, 6.07) is 0. The van der Waals surface area contributed by atoms with Gasteiger partial charge in [0.15, 0.2) is 0 Å². The molecule has 0 aromatic heterocycles. The Morgan fingerprint density at radius 3 is 2.50 bits per heavy atom. The summed E-state index contributed by atoms with van der Waals surface area (Å²) in [6.07, 6.45) is 2.65. The maximum absolute atomic E-state index is 5.74. The van der Waals surface area contributed by atoms with E-state index in [0.29, 0.717) is 6.10 Å². The number of ether oxygens (including phenoxy) is 1. The third-order valence-corrected chi connectivity index (χ3v) is 2.15. The van der Waals surface area contributed by atoms with E-state index >= 15 is 0 Å². The molecule has 0 aliphatic heterocycles. The third kappa shape index (κ3) is 8.48. The number of likely N-dealkylation sites (N-methyl/N-ethyl adjacent to an activating group) is 1. The molecular formula is C11H26N2O. The van der Waals surface area contributed by atoms with Gasteiger partial charge in [-0.2, -0.15) is 0 Å². The first-order valence-electron chi connectivity index (χ1n) is 5.67. The first-order valence-corrected chi connectivity index (χ1v) is 5.67. The summed E-state index contributed by atoms with van der Waals surface area (Å²) < 4.78 is 5.74. The van der Waals surface area contributed by atoms with Gasteiger partial charge in [-0.15, -0.1) is 0 Å². The standard InChI is InChI=1S/C11H26N2O/c1-5-7-12-10-11(6-2)14-9-8-13(3)4/h11-12H,5-10H2,1-4H3. The molecule has 0 aromatic carbocycles. The molecule has 14 heavy (non-hydrogen) atoms. The molecule has 1 unspecified atom stereocenters. The largest absolute Gasteiger partial charge is 0.376 e. The quantitative estimate of drug-likeness (QED) is 0.571. The van der Waals surface area contributed by atoms with Crippen LogP contribution in [0.5, 0.6) is 0 Å². The SMILES string of the molecule is CCCNCC(CC)OCCN(C)C. The summed E-state index contributed by atoms with van der Waals surface area (Å²) in [5.41, 5.74) is 0. The predicted molar refractivity (Wildman–Crippen MR) is 61.7 cm³/mol. The second-order valence-corrected chi connectivity index (χ2v) is 3.91. The average Bonchev–Trinajstić information content (AvgIpc) is 2.15. The lowest BCUT2D eigenvalue weighted by atomic mass is 10.2. The van der Waals surface area contributed by atoms with Crippen LogP contribution in [0.1, 0.15) is 26.7 Å². The minimum absolute atomic E-state index is 0.376. The van der Waals surface area contributed by atoms with Crippen LogP contribution in [-0.2, 0) is 4.74 Å². The Morgan fingerprint density at radius 1 is 1.29 bits per heavy atom. The molecule has 0 rings (SSSR count). The predicted octanol–water partition coefficient (Wildman–Crippen LogP) is 1.34. The van der Waals surface area contributed by atoms with Crippen molar-refractivity contribution in [3.8, 4) is 0 Å². The number of hydrogen-bond donors (Lipinski definition) is 1. The van der Waals surface area contributed by atoms with Crippen molar-refractivity contribution < 1.29 is 4.74 Å². The van der Waals surface area contributed by atoms with E-state index in [0.717, 1.165) is 32.7 Å². The molecule has 86 valence electrons. The van der Waals surface area contributed by atoms with Crippen molar-refractivity contribution in [2.45, 2.75) is 32.8 Å². The van der Waals surface area contributed by atoms with E-state index in [1.807, 2.05) is 0 Å². The van der Waals surface area contributed by atoms with E-state index in [-0.39, 0.29) is 0 Å². The van der Waals surface area contributed by atoms with Gasteiger partial charge in [0.2, 0.25) is 0 Å². The second kappa shape index (κ2) is 9.44. The fraction of sp³-hybridized carbons (Fsp3) is 1.00. The summed E-state index contributed by atoms with van der Waals surface area (Å²) in [6.45, 7) is 8.27. The molecule has 0 saturated heterocycles. The number of hydrogen-bond acceptors (Lipinski definition) is 3. The summed E-state index contributed by atoms with van der Waals surface area (Å²) in [5, 5.41) is 3.39. The molecule has 0 saturated carbocycles. The molecule has 0 amide bonds. The van der Waals surface area contributed by atoms with Gasteiger partial charge in [0.25, 0.3) is 0 Å². The lowest BCUT2D eigenvalue weighted by Gasteiger charge is -2.18. The van der Waals surface area contributed by atoms with Gasteiger partial charge in [0, 0.05) is 13.1 Å². The van der Waals surface area contributed by atoms with Crippen molar-refractivity contribution in [1.82, 2.24) is 10.2 Å². The van der Waals surface area contributed by atoms with Crippen molar-refractivity contribution in [1.29, 1.82) is 0 Å². The van der Waals surface area contributed by atoms with Crippen LogP contribution >= 0.6 is 0 Å². The highest BCUT2D eigenvalue weighted by molar-refractivity contribution is 4.59. The van der Waals surface area contributed by atoms with Crippen LogP contribution in [0.15, 0.2) is 0 Å². The molecule has 0 bridgehead atoms. The molecule has 0 radical (unpaired) electrons. The molecule has 0 aromatic rings. The van der Waals surface area contributed by atoms with Gasteiger partial charge >= 0.3 is 0 Å². The minimum atomic E-state index is 0.376. The molecule has 0 fully saturated rings. The third-order valence-electron chi connectivity index (χ3n) is 2.15. The molecule has 3 heteroatoms. The molecule has 0 aliphatic carbocycles. The van der Waals surface area contributed by atoms with Crippen LogP contribution in [0.3, 0.4) is 0 Å². The van der Waals surface area contributed by atoms with Crippen LogP contribution in [0.25, 0.3) is 0 Å². The first kappa shape index (κ1) is 13.9. The smallest absolute Gasteiger partial charge is 0.0697 e. The molecule has 0 heterocycles. The molecule has 1 atom stereocenters. The molecule has 1 N–H and O–H groups in total. The van der Waals surface area contributed by atoms with Gasteiger partial charge in [-0.1, -0.05) is 13.8 Å². The normalized spacial score (nSPS) is 13.5. The number of nitrogens with zero attached hydrogens (tertiary/aromatic N) is 1. The van der Waals surface area contributed by atoms with Crippen LogP contribution in [0.4, 0.5) is 0 Å². The topological polar surface area (TPSA) is 24.5 Å². The maximum atomic E-state index is 5.74. The summed E-state index contributed by atoms with van der Waals surface area (Å²) in [4.78, 5) is 2.15. The van der Waals surface area contributed by atoms with Crippen LogP contribution in [0.2, 0.25) is 0 Å². The lowest BCUT2D eigenvalue weighted by Crippen LogP contribution is -2.31. The van der Waals surface area contributed by atoms with Crippen molar-refractivity contribution >= 4 is 0 Å². The van der Waals surface area contributed by atoms with Crippen LogP contribution in [0, 0.1) is 0 Å². The maximum Gasteiger partial charge on any atom is 0.0697 e. The van der Waals surface area contributed by atoms with Crippen LogP contribution < -0.4 is 5.32 Å². The fourth-order valence-corrected chi connectivity index (χ4v) is 1.16. The van der Waals surface area contributed by atoms with Crippen molar-refractivity contribution in [3.63, 3.8) is 0 Å². The molecular weight excluding hydrogens is 176 g/mol. The Bertz CT molecular complexity index is 118. The van der Waals surface area contributed by atoms with E-state index in [1.54, 1.807) is 0 Å². The Morgan fingerprint density at radius 2 is 2.00 bits per heavy atom. The van der Waals surface area contributed by atoms with Crippen molar-refractivity contribution in [2.24, 2.45) is 0 Å². The highest BCUT2D eigenvalue weighted by Gasteiger charge is 2.05. The zero-order valence-electron chi connectivity index (χ0n) is 10.2. The fourth-order valence-electron chi connectivity index (χ4n) is 1.16. The zero-order valence-corrected chi connectivity index (χ0v) is 10.2. The molecule has 0 spiro atoms. The number of rotatable bonds is 9. The Labute approximate surface area is 88.8 Å². The van der Waals surface area contributed by atoms with Gasteiger partial charge in [-0.05, 0) is 33.5 Å². The first-order chi connectivity index (χ1) is 6.70. The summed E-state index contributed by atoms with van der Waals surface area (Å²) in [7, 11) is 4.14. The van der Waals surface area contributed by atoms with Crippen molar-refractivity contribution in [3.05, 3.63) is 0 Å². The molecule has 0 aliphatic rings. The van der Waals surface area contributed by atoms with Crippen molar-refractivity contribution in [2.75, 3.05) is 40.3 Å². The molecule has 3 nitrogen and oxygen atoms in total.